The highest BCUT2D eigenvalue weighted by Crippen LogP contribution is 2.33. The van der Waals surface area contributed by atoms with Gasteiger partial charge in [0.05, 0.1) is 33.6 Å². The van der Waals surface area contributed by atoms with E-state index in [0.717, 1.165) is 0 Å². The van der Waals surface area contributed by atoms with Crippen LogP contribution in [0.3, 0.4) is 0 Å². The van der Waals surface area contributed by atoms with Gasteiger partial charge < -0.3 is 26.6 Å². The Bertz CT molecular complexity index is 478. The maximum atomic E-state index is 6.65. The maximum absolute atomic E-state index is 6.65. The lowest BCUT2D eigenvalue weighted by Gasteiger charge is -2.48. The van der Waals surface area contributed by atoms with Crippen LogP contribution in [0.15, 0.2) is 0 Å². The lowest BCUT2D eigenvalue weighted by Crippen LogP contribution is -2.79. The van der Waals surface area contributed by atoms with Gasteiger partial charge in [0.2, 0.25) is 0 Å². The van der Waals surface area contributed by atoms with Gasteiger partial charge in [-0.25, -0.2) is 4.65 Å². The molecule has 0 amide bonds. The van der Waals surface area contributed by atoms with E-state index in [4.69, 9.17) is 26.6 Å². The molecule has 0 saturated heterocycles. The molecule has 0 heterocycles. The SMILES string of the molecule is CC(C)(C)O[Si](N[Si](OC(C)(C)C)(OC(C)(C)C)OC(C)(C)C)(OC(C)(C)C)OC(C)(C)C. The number of hydrogen-bond donors (Lipinski definition) is 1. The van der Waals surface area contributed by atoms with Crippen LogP contribution in [0.2, 0.25) is 0 Å². The predicted molar refractivity (Wildman–Crippen MR) is 140 cm³/mol. The van der Waals surface area contributed by atoms with Crippen molar-refractivity contribution in [1.29, 1.82) is 0 Å². The van der Waals surface area contributed by atoms with E-state index >= 15 is 0 Å². The fraction of sp³-hybridized carbons (Fsp3) is 1.00. The van der Waals surface area contributed by atoms with E-state index in [1.807, 2.05) is 125 Å². The van der Waals surface area contributed by atoms with Gasteiger partial charge in [-0.3, -0.25) is 0 Å². The summed E-state index contributed by atoms with van der Waals surface area (Å²) in [4.78, 5) is 0. The van der Waals surface area contributed by atoms with Gasteiger partial charge in [-0.2, -0.15) is 0 Å². The standard InChI is InChI=1S/C24H55NO6Si2/c1-19(2,3)26-32(27-20(4,5)6,28-21(7,8)9)25-33(29-22(10,11)12,30-23(13,14)15)31-24(16,17)18/h25H,1-18H3. The number of hydrogen-bond acceptors (Lipinski definition) is 7. The van der Waals surface area contributed by atoms with Gasteiger partial charge in [0, 0.05) is 0 Å². The van der Waals surface area contributed by atoms with Crippen molar-refractivity contribution in [3.05, 3.63) is 0 Å². The molecule has 0 unspecified atom stereocenters. The summed E-state index contributed by atoms with van der Waals surface area (Å²) < 4.78 is 43.5. The minimum atomic E-state index is -3.70. The van der Waals surface area contributed by atoms with E-state index in [0.29, 0.717) is 0 Å². The van der Waals surface area contributed by atoms with Crippen LogP contribution in [0, 0.1) is 0 Å². The summed E-state index contributed by atoms with van der Waals surface area (Å²) in [5, 5.41) is 0. The molecule has 0 rings (SSSR count). The molecule has 7 nitrogen and oxygen atoms in total. The van der Waals surface area contributed by atoms with E-state index in [2.05, 4.69) is 4.65 Å². The molecule has 0 radical (unpaired) electrons. The lowest BCUT2D eigenvalue weighted by molar-refractivity contribution is -0.104. The third-order valence-corrected chi connectivity index (χ3v) is 10.7. The molecule has 0 aromatic rings. The Morgan fingerprint density at radius 1 is 0.303 bits per heavy atom. The molecule has 33 heavy (non-hydrogen) atoms. The quantitative estimate of drug-likeness (QED) is 0.383. The summed E-state index contributed by atoms with van der Waals surface area (Å²) in [6.07, 6.45) is 0. The highest BCUT2D eigenvalue weighted by atomic mass is 28.5. The molecular formula is C24H55NO6Si2. The Balaban J connectivity index is 7.07. The summed E-state index contributed by atoms with van der Waals surface area (Å²) in [7, 11) is -7.40. The summed E-state index contributed by atoms with van der Waals surface area (Å²) >= 11 is 0. The monoisotopic (exact) mass is 509 g/mol. The summed E-state index contributed by atoms with van der Waals surface area (Å²) in [6.45, 7) is 35.7. The van der Waals surface area contributed by atoms with E-state index in [1.165, 1.54) is 0 Å². The first-order valence-electron chi connectivity index (χ1n) is 11.9. The second kappa shape index (κ2) is 10.3. The molecule has 0 aliphatic carbocycles. The molecule has 0 fully saturated rings. The van der Waals surface area contributed by atoms with E-state index < -0.39 is 51.5 Å². The molecule has 0 aliphatic rings. The van der Waals surface area contributed by atoms with Gasteiger partial charge in [-0.15, -0.1) is 0 Å². The molecule has 9 heteroatoms. The third-order valence-electron chi connectivity index (χ3n) is 2.95. The van der Waals surface area contributed by atoms with Crippen molar-refractivity contribution in [2.45, 2.75) is 158 Å². The van der Waals surface area contributed by atoms with Crippen LogP contribution in [0.4, 0.5) is 0 Å². The minimum Gasteiger partial charge on any atom is -0.356 e. The molecular weight excluding hydrogens is 454 g/mol. The Morgan fingerprint density at radius 2 is 0.424 bits per heavy atom. The molecule has 0 saturated carbocycles. The zero-order valence-electron chi connectivity index (χ0n) is 24.9. The van der Waals surface area contributed by atoms with Crippen LogP contribution in [-0.2, 0) is 26.6 Å². The highest BCUT2D eigenvalue weighted by Gasteiger charge is 2.63. The van der Waals surface area contributed by atoms with Crippen molar-refractivity contribution in [2.75, 3.05) is 0 Å². The predicted octanol–water partition coefficient (Wildman–Crippen LogP) is 6.34. The van der Waals surface area contributed by atoms with Crippen molar-refractivity contribution in [3.63, 3.8) is 0 Å². The van der Waals surface area contributed by atoms with Crippen molar-refractivity contribution < 1.29 is 26.6 Å². The fourth-order valence-corrected chi connectivity index (χ4v) is 10.7. The first kappa shape index (κ1) is 33.2. The molecule has 0 aromatic heterocycles. The van der Waals surface area contributed by atoms with Crippen molar-refractivity contribution in [1.82, 2.24) is 4.65 Å². The van der Waals surface area contributed by atoms with Crippen LogP contribution in [0.1, 0.15) is 125 Å². The van der Waals surface area contributed by atoms with E-state index in [-0.39, 0.29) is 0 Å². The molecule has 0 aliphatic heterocycles. The van der Waals surface area contributed by atoms with Gasteiger partial charge >= 0.3 is 17.9 Å². The Labute approximate surface area is 207 Å². The van der Waals surface area contributed by atoms with Crippen LogP contribution < -0.4 is 4.65 Å². The van der Waals surface area contributed by atoms with Crippen LogP contribution in [0.5, 0.6) is 0 Å². The second-order valence-electron chi connectivity index (χ2n) is 14.5. The highest BCUT2D eigenvalue weighted by molar-refractivity contribution is 6.75. The Morgan fingerprint density at radius 3 is 0.515 bits per heavy atom. The van der Waals surface area contributed by atoms with Crippen molar-refractivity contribution in [3.8, 4) is 0 Å². The smallest absolute Gasteiger partial charge is 0.356 e. The lowest BCUT2D eigenvalue weighted by atomic mass is 10.2. The van der Waals surface area contributed by atoms with Gasteiger partial charge in [-0.05, 0) is 125 Å². The fourth-order valence-electron chi connectivity index (χ4n) is 2.88. The average Bonchev–Trinajstić information content (AvgIpc) is 2.20. The van der Waals surface area contributed by atoms with Crippen molar-refractivity contribution >= 4 is 17.9 Å². The van der Waals surface area contributed by atoms with Crippen LogP contribution in [0.25, 0.3) is 0 Å². The van der Waals surface area contributed by atoms with Gasteiger partial charge in [0.1, 0.15) is 0 Å². The average molecular weight is 510 g/mol. The topological polar surface area (TPSA) is 67.4 Å². The van der Waals surface area contributed by atoms with Gasteiger partial charge in [0.15, 0.2) is 0 Å². The van der Waals surface area contributed by atoms with Gasteiger partial charge in [-0.1, -0.05) is 0 Å². The number of nitrogens with one attached hydrogen (secondary N) is 1. The first-order chi connectivity index (χ1) is 13.9. The second-order valence-corrected chi connectivity index (χ2v) is 19.0. The molecule has 200 valence electrons. The largest absolute Gasteiger partial charge is 0.596 e. The normalized spacial score (nSPS) is 15.8. The van der Waals surface area contributed by atoms with Gasteiger partial charge in [0.25, 0.3) is 0 Å². The van der Waals surface area contributed by atoms with Crippen LogP contribution >= 0.6 is 0 Å². The first-order valence-corrected chi connectivity index (χ1v) is 15.4. The zero-order chi connectivity index (χ0) is 26.9. The summed E-state index contributed by atoms with van der Waals surface area (Å²) in [5.74, 6) is 0. The maximum Gasteiger partial charge on any atom is 0.596 e. The summed E-state index contributed by atoms with van der Waals surface area (Å²) in [6, 6.07) is 0. The Hall–Kier alpha value is 0.154. The summed E-state index contributed by atoms with van der Waals surface area (Å²) in [5.41, 5.74) is -3.41. The van der Waals surface area contributed by atoms with Crippen LogP contribution in [-0.4, -0.2) is 51.5 Å². The van der Waals surface area contributed by atoms with Crippen molar-refractivity contribution in [2.24, 2.45) is 0 Å². The number of rotatable bonds is 8. The zero-order valence-corrected chi connectivity index (χ0v) is 26.9. The van der Waals surface area contributed by atoms with E-state index in [9.17, 15) is 0 Å². The van der Waals surface area contributed by atoms with E-state index in [1.54, 1.807) is 0 Å². The molecule has 1 N–H and O–H groups in total. The molecule has 0 atom stereocenters. The minimum absolute atomic E-state index is 0.568. The molecule has 0 bridgehead atoms. The third kappa shape index (κ3) is 16.5. The molecule has 0 spiro atoms. The Kier molecular flexibility index (Phi) is 10.3. The molecule has 0 aromatic carbocycles.